The van der Waals surface area contributed by atoms with E-state index in [4.69, 9.17) is 23.2 Å². The normalized spacial score (nSPS) is 20.1. The second-order valence-corrected chi connectivity index (χ2v) is 6.23. The second-order valence-electron chi connectivity index (χ2n) is 5.39. The zero-order chi connectivity index (χ0) is 17.1. The Morgan fingerprint density at radius 2 is 2.00 bits per heavy atom. The van der Waals surface area contributed by atoms with Gasteiger partial charge in [0.05, 0.1) is 11.1 Å². The lowest BCUT2D eigenvalue weighted by Crippen LogP contribution is -2.44. The Bertz CT molecular complexity index is 759. The van der Waals surface area contributed by atoms with Crippen molar-refractivity contribution in [3.8, 4) is 0 Å². The third-order valence-corrected chi connectivity index (χ3v) is 4.25. The highest BCUT2D eigenvalue weighted by Crippen LogP contribution is 2.22. The van der Waals surface area contributed by atoms with Gasteiger partial charge in [-0.15, -0.1) is 0 Å². The fraction of sp³-hybridized carbons (Fsp3) is 0.188. The molecule has 0 aromatic heterocycles. The standard InChI is InChI=1S/C16H15Cl2FN4O/c17-11-3-1-2-10(7-11)14-15(22-23-21-14)16(24)20-8-9-4-5-13(19)12(18)6-9/h1-7,14-15,21-23H,8H2,(H,20,24). The van der Waals surface area contributed by atoms with Gasteiger partial charge in [0.15, 0.2) is 0 Å². The molecule has 1 saturated heterocycles. The molecule has 3 rings (SSSR count). The number of hydrogen-bond donors (Lipinski definition) is 4. The van der Waals surface area contributed by atoms with E-state index in [1.165, 1.54) is 12.1 Å². The molecule has 5 nitrogen and oxygen atoms in total. The Kier molecular flexibility index (Phi) is 5.33. The summed E-state index contributed by atoms with van der Waals surface area (Å²) in [6.07, 6.45) is 0. The molecule has 2 unspecified atom stereocenters. The first-order chi connectivity index (χ1) is 11.5. The molecule has 2 aromatic rings. The molecule has 1 amide bonds. The van der Waals surface area contributed by atoms with Crippen LogP contribution >= 0.6 is 23.2 Å². The van der Waals surface area contributed by atoms with Crippen LogP contribution in [0.4, 0.5) is 4.39 Å². The molecule has 0 aliphatic carbocycles. The third-order valence-electron chi connectivity index (χ3n) is 3.73. The largest absolute Gasteiger partial charge is 0.351 e. The smallest absolute Gasteiger partial charge is 0.240 e. The van der Waals surface area contributed by atoms with Crippen molar-refractivity contribution in [2.45, 2.75) is 18.6 Å². The quantitative estimate of drug-likeness (QED) is 0.669. The van der Waals surface area contributed by atoms with Gasteiger partial charge in [-0.2, -0.15) is 5.53 Å². The topological polar surface area (TPSA) is 65.2 Å². The van der Waals surface area contributed by atoms with E-state index in [1.54, 1.807) is 18.2 Å². The van der Waals surface area contributed by atoms with Crippen molar-refractivity contribution in [1.82, 2.24) is 21.7 Å². The molecule has 1 heterocycles. The fourth-order valence-corrected chi connectivity index (χ4v) is 2.91. The molecular formula is C16H15Cl2FN4O. The Balaban J connectivity index is 1.66. The van der Waals surface area contributed by atoms with Gasteiger partial charge in [-0.1, -0.05) is 41.4 Å². The first-order valence-electron chi connectivity index (χ1n) is 7.28. The van der Waals surface area contributed by atoms with Gasteiger partial charge in [-0.3, -0.25) is 4.79 Å². The van der Waals surface area contributed by atoms with Crippen LogP contribution in [0.25, 0.3) is 0 Å². The highest BCUT2D eigenvalue weighted by atomic mass is 35.5. The van der Waals surface area contributed by atoms with Gasteiger partial charge in [0, 0.05) is 11.6 Å². The number of rotatable bonds is 4. The highest BCUT2D eigenvalue weighted by Gasteiger charge is 2.33. The van der Waals surface area contributed by atoms with E-state index in [-0.39, 0.29) is 23.5 Å². The Morgan fingerprint density at radius 1 is 1.17 bits per heavy atom. The maximum Gasteiger partial charge on any atom is 0.240 e. The molecular weight excluding hydrogens is 354 g/mol. The molecule has 0 radical (unpaired) electrons. The lowest BCUT2D eigenvalue weighted by molar-refractivity contribution is -0.123. The summed E-state index contributed by atoms with van der Waals surface area (Å²) >= 11 is 11.7. The van der Waals surface area contributed by atoms with Crippen molar-refractivity contribution < 1.29 is 9.18 Å². The van der Waals surface area contributed by atoms with Crippen LogP contribution in [0.5, 0.6) is 0 Å². The predicted octanol–water partition coefficient (Wildman–Crippen LogP) is 2.47. The molecule has 4 N–H and O–H groups in total. The van der Waals surface area contributed by atoms with Crippen LogP contribution in [0, 0.1) is 5.82 Å². The van der Waals surface area contributed by atoms with Crippen molar-refractivity contribution >= 4 is 29.1 Å². The summed E-state index contributed by atoms with van der Waals surface area (Å²) in [5, 5.41) is 3.43. The van der Waals surface area contributed by atoms with Gasteiger partial charge in [0.1, 0.15) is 11.9 Å². The number of amides is 1. The average molecular weight is 369 g/mol. The van der Waals surface area contributed by atoms with Gasteiger partial charge in [-0.25, -0.2) is 15.2 Å². The monoisotopic (exact) mass is 368 g/mol. The third kappa shape index (κ3) is 3.85. The predicted molar refractivity (Wildman–Crippen MR) is 90.6 cm³/mol. The molecule has 0 bridgehead atoms. The van der Waals surface area contributed by atoms with E-state index in [0.717, 1.165) is 5.56 Å². The van der Waals surface area contributed by atoms with E-state index >= 15 is 0 Å². The summed E-state index contributed by atoms with van der Waals surface area (Å²) in [5.74, 6) is -0.698. The van der Waals surface area contributed by atoms with Crippen molar-refractivity contribution in [2.75, 3.05) is 0 Å². The zero-order valence-corrected chi connectivity index (χ0v) is 14.0. The van der Waals surface area contributed by atoms with E-state index < -0.39 is 11.9 Å². The first kappa shape index (κ1) is 17.1. The van der Waals surface area contributed by atoms with E-state index in [1.807, 2.05) is 12.1 Å². The molecule has 1 aliphatic heterocycles. The van der Waals surface area contributed by atoms with E-state index in [0.29, 0.717) is 10.6 Å². The average Bonchev–Trinajstić information content (AvgIpc) is 3.05. The summed E-state index contributed by atoms with van der Waals surface area (Å²) in [7, 11) is 0. The maximum absolute atomic E-state index is 13.2. The number of carbonyl (C=O) groups excluding carboxylic acids is 1. The molecule has 1 fully saturated rings. The summed E-state index contributed by atoms with van der Waals surface area (Å²) in [4.78, 5) is 12.4. The summed E-state index contributed by atoms with van der Waals surface area (Å²) in [5.41, 5.74) is 10.2. The van der Waals surface area contributed by atoms with E-state index in [2.05, 4.69) is 21.7 Å². The Hall–Kier alpha value is -1.70. The lowest BCUT2D eigenvalue weighted by atomic mass is 10.0. The molecule has 2 aromatic carbocycles. The van der Waals surface area contributed by atoms with Gasteiger partial charge in [0.25, 0.3) is 0 Å². The molecule has 8 heteroatoms. The van der Waals surface area contributed by atoms with Crippen LogP contribution in [0.3, 0.4) is 0 Å². The summed E-state index contributed by atoms with van der Waals surface area (Å²) < 4.78 is 13.2. The van der Waals surface area contributed by atoms with Crippen LogP contribution in [-0.4, -0.2) is 11.9 Å². The summed E-state index contributed by atoms with van der Waals surface area (Å²) in [6, 6.07) is 10.8. The fourth-order valence-electron chi connectivity index (χ4n) is 2.51. The second kappa shape index (κ2) is 7.46. The van der Waals surface area contributed by atoms with Crippen LogP contribution in [0.2, 0.25) is 10.0 Å². The minimum absolute atomic E-state index is 0.0286. The minimum Gasteiger partial charge on any atom is -0.351 e. The highest BCUT2D eigenvalue weighted by molar-refractivity contribution is 6.31. The first-order valence-corrected chi connectivity index (χ1v) is 8.03. The lowest BCUT2D eigenvalue weighted by Gasteiger charge is -2.18. The molecule has 0 saturated carbocycles. The Labute approximate surface area is 148 Å². The van der Waals surface area contributed by atoms with Crippen LogP contribution < -0.4 is 21.7 Å². The zero-order valence-electron chi connectivity index (χ0n) is 12.4. The van der Waals surface area contributed by atoms with Crippen molar-refractivity contribution in [3.63, 3.8) is 0 Å². The van der Waals surface area contributed by atoms with Crippen molar-refractivity contribution in [3.05, 3.63) is 69.5 Å². The molecule has 2 atom stereocenters. The Morgan fingerprint density at radius 3 is 2.75 bits per heavy atom. The van der Waals surface area contributed by atoms with Crippen LogP contribution in [0.15, 0.2) is 42.5 Å². The van der Waals surface area contributed by atoms with E-state index in [9.17, 15) is 9.18 Å². The molecule has 1 aliphatic rings. The van der Waals surface area contributed by atoms with Gasteiger partial charge < -0.3 is 5.32 Å². The molecule has 24 heavy (non-hydrogen) atoms. The number of hydrogen-bond acceptors (Lipinski definition) is 4. The summed E-state index contributed by atoms with van der Waals surface area (Å²) in [6.45, 7) is 0.249. The molecule has 126 valence electrons. The van der Waals surface area contributed by atoms with Crippen molar-refractivity contribution in [2.24, 2.45) is 0 Å². The maximum atomic E-state index is 13.2. The number of nitrogens with one attached hydrogen (secondary N) is 4. The minimum atomic E-state index is -0.528. The number of halogens is 3. The molecule has 0 spiro atoms. The number of benzene rings is 2. The van der Waals surface area contributed by atoms with Crippen LogP contribution in [0.1, 0.15) is 17.2 Å². The van der Waals surface area contributed by atoms with Gasteiger partial charge in [-0.05, 0) is 35.4 Å². The van der Waals surface area contributed by atoms with Gasteiger partial charge in [0.2, 0.25) is 5.91 Å². The SMILES string of the molecule is O=C(NCc1ccc(F)c(Cl)c1)C1NNNC1c1cccc(Cl)c1. The number of hydrazine groups is 2. The number of carbonyl (C=O) groups is 1. The van der Waals surface area contributed by atoms with Crippen LogP contribution in [-0.2, 0) is 11.3 Å². The van der Waals surface area contributed by atoms with Crippen molar-refractivity contribution in [1.29, 1.82) is 0 Å². The van der Waals surface area contributed by atoms with Gasteiger partial charge >= 0.3 is 0 Å².